The smallest absolute Gasteiger partial charge is 0.321 e. The highest BCUT2D eigenvalue weighted by Crippen LogP contribution is 2.54. The summed E-state index contributed by atoms with van der Waals surface area (Å²) in [4.78, 5) is 36.2. The minimum Gasteiger partial charge on any atom is -0.369 e. The lowest BCUT2D eigenvalue weighted by Crippen LogP contribution is -2.45. The molecule has 288 valence electrons. The van der Waals surface area contributed by atoms with Crippen molar-refractivity contribution in [3.63, 3.8) is 0 Å². The first-order chi connectivity index (χ1) is 27.0. The maximum atomic E-state index is 17.3. The number of carbonyl (C=O) groups is 1. The number of fused-ring (bicyclic) bond motifs is 6. The Balaban J connectivity index is 1.19. The maximum Gasteiger partial charge on any atom is 0.321 e. The van der Waals surface area contributed by atoms with Gasteiger partial charge in [0, 0.05) is 95.2 Å². The Labute approximate surface area is 330 Å². The summed E-state index contributed by atoms with van der Waals surface area (Å²) in [7, 11) is 0. The summed E-state index contributed by atoms with van der Waals surface area (Å²) >= 11 is 13.1. The zero-order chi connectivity index (χ0) is 38.7. The van der Waals surface area contributed by atoms with Gasteiger partial charge >= 0.3 is 6.55 Å². The Hall–Kier alpha value is -4.57. The van der Waals surface area contributed by atoms with E-state index in [1.807, 2.05) is 13.0 Å². The van der Waals surface area contributed by atoms with Gasteiger partial charge in [-0.1, -0.05) is 35.3 Å². The van der Waals surface area contributed by atoms with Crippen molar-refractivity contribution in [2.45, 2.75) is 76.2 Å². The second-order valence-electron chi connectivity index (χ2n) is 16.2. The van der Waals surface area contributed by atoms with Crippen LogP contribution in [0.3, 0.4) is 0 Å². The number of nitrogens with zero attached hydrogens (tertiary/aromatic N) is 6. The molecule has 1 amide bonds. The number of hydrogen-bond acceptors (Lipinski definition) is 6. The average Bonchev–Trinajstić information content (AvgIpc) is 3.46. The van der Waals surface area contributed by atoms with Gasteiger partial charge in [-0.25, -0.2) is 9.37 Å². The minimum absolute atomic E-state index is 0.0261. The summed E-state index contributed by atoms with van der Waals surface area (Å²) in [6.07, 6.45) is 5.05. The molecular formula is C42H38Cl2F3N7O2. The maximum absolute atomic E-state index is 17.3. The van der Waals surface area contributed by atoms with Crippen LogP contribution in [-0.2, 0) is 11.2 Å². The predicted octanol–water partition coefficient (Wildman–Crippen LogP) is 8.35. The highest BCUT2D eigenvalue weighted by atomic mass is 35.5. The van der Waals surface area contributed by atoms with Crippen molar-refractivity contribution < 1.29 is 18.0 Å². The van der Waals surface area contributed by atoms with Crippen LogP contribution in [0.25, 0.3) is 32.9 Å². The van der Waals surface area contributed by atoms with Gasteiger partial charge in [-0.15, -0.1) is 0 Å². The van der Waals surface area contributed by atoms with Crippen molar-refractivity contribution in [1.82, 2.24) is 24.3 Å². The first kappa shape index (κ1) is 35.8. The third-order valence-electron chi connectivity index (χ3n) is 13.0. The van der Waals surface area contributed by atoms with E-state index in [2.05, 4.69) is 31.8 Å². The van der Waals surface area contributed by atoms with Gasteiger partial charge in [0.25, 0.3) is 5.56 Å². The van der Waals surface area contributed by atoms with Crippen LogP contribution in [0.4, 0.5) is 18.9 Å². The zero-order valence-electron chi connectivity index (χ0n) is 30.5. The van der Waals surface area contributed by atoms with Crippen molar-refractivity contribution in [1.29, 1.82) is 5.26 Å². The first-order valence-corrected chi connectivity index (χ1v) is 20.1. The number of rotatable bonds is 8. The van der Waals surface area contributed by atoms with Crippen LogP contribution < -0.4 is 15.8 Å². The molecule has 6 unspecified atom stereocenters. The van der Waals surface area contributed by atoms with Gasteiger partial charge < -0.3 is 19.7 Å². The highest BCUT2D eigenvalue weighted by molar-refractivity contribution is 6.43. The second-order valence-corrected chi connectivity index (χ2v) is 17.0. The molecule has 2 saturated carbocycles. The molecule has 2 aliphatic carbocycles. The van der Waals surface area contributed by atoms with Gasteiger partial charge in [-0.05, 0) is 74.8 Å². The summed E-state index contributed by atoms with van der Waals surface area (Å²) in [5.41, 5.74) is 3.83. The number of halogens is 5. The van der Waals surface area contributed by atoms with Gasteiger partial charge in [0.1, 0.15) is 5.52 Å². The van der Waals surface area contributed by atoms with Crippen LogP contribution in [0, 0.1) is 41.8 Å². The number of likely N-dealkylation sites (tertiary alicyclic amines) is 1. The van der Waals surface area contributed by atoms with Crippen molar-refractivity contribution in [3.05, 3.63) is 91.8 Å². The number of aromatic nitrogens is 3. The third kappa shape index (κ3) is 5.41. The number of nitriles is 1. The number of hydrogen-bond donors (Lipinski definition) is 1. The van der Waals surface area contributed by atoms with Crippen molar-refractivity contribution in [3.8, 4) is 17.2 Å². The molecule has 1 N–H and O–H groups in total. The second kappa shape index (κ2) is 13.3. The van der Waals surface area contributed by atoms with E-state index in [0.717, 1.165) is 55.0 Å². The molecule has 9 nitrogen and oxygen atoms in total. The van der Waals surface area contributed by atoms with Gasteiger partial charge in [0.05, 0.1) is 39.8 Å². The molecule has 4 aliphatic heterocycles. The third-order valence-corrected chi connectivity index (χ3v) is 13.8. The highest BCUT2D eigenvalue weighted by Gasteiger charge is 2.55. The van der Waals surface area contributed by atoms with E-state index < -0.39 is 17.9 Å². The fraction of sp³-hybridized carbons (Fsp3) is 0.429. The van der Waals surface area contributed by atoms with E-state index in [9.17, 15) is 23.6 Å². The lowest BCUT2D eigenvalue weighted by molar-refractivity contribution is -0.135. The Bertz CT molecular complexity index is 2570. The monoisotopic (exact) mass is 799 g/mol. The lowest BCUT2D eigenvalue weighted by Gasteiger charge is -2.40. The molecule has 0 spiro atoms. The number of anilines is 1. The molecule has 7 heterocycles. The summed E-state index contributed by atoms with van der Waals surface area (Å²) in [5.74, 6) is -0.132. The Morgan fingerprint density at radius 1 is 1.09 bits per heavy atom. The molecular weight excluding hydrogens is 762 g/mol. The molecule has 5 aromatic rings. The van der Waals surface area contributed by atoms with Gasteiger partial charge in [0.2, 0.25) is 5.91 Å². The molecule has 2 aromatic carbocycles. The number of pyridine rings is 2. The quantitative estimate of drug-likeness (QED) is 0.170. The van der Waals surface area contributed by atoms with Crippen molar-refractivity contribution in [2.75, 3.05) is 24.5 Å². The fourth-order valence-electron chi connectivity index (χ4n) is 10.4. The zero-order valence-corrected chi connectivity index (χ0v) is 32.0. The van der Waals surface area contributed by atoms with E-state index in [1.54, 1.807) is 24.3 Å². The largest absolute Gasteiger partial charge is 0.369 e. The SMILES string of the molecule is Cc1nc2c(F)c(-c3cccc(Cl)c3Cl)c(CCC#N)cc2c2c1cc(C1C3CC(CN(c4ccn(C(F)F)c(=O)c4)C3)N1C(=O)C1CC1)n2C1C2CNC1C2. The van der Waals surface area contributed by atoms with Crippen LogP contribution in [0.2, 0.25) is 10.0 Å². The van der Waals surface area contributed by atoms with E-state index in [4.69, 9.17) is 28.2 Å². The molecule has 0 radical (unpaired) electrons. The van der Waals surface area contributed by atoms with Crippen LogP contribution in [-0.4, -0.2) is 56.6 Å². The molecule has 6 atom stereocenters. The number of benzene rings is 2. The number of nitrogens with one attached hydrogen (secondary N) is 1. The van der Waals surface area contributed by atoms with E-state index >= 15 is 4.39 Å². The molecule has 14 heteroatoms. The van der Waals surface area contributed by atoms with Crippen LogP contribution in [0.5, 0.6) is 0 Å². The van der Waals surface area contributed by atoms with E-state index in [-0.39, 0.29) is 70.9 Å². The summed E-state index contributed by atoms with van der Waals surface area (Å²) in [5, 5.41) is 15.4. The van der Waals surface area contributed by atoms with Crippen LogP contribution >= 0.6 is 23.2 Å². The summed E-state index contributed by atoms with van der Waals surface area (Å²) in [6, 6.07) is 14.1. The van der Waals surface area contributed by atoms with Crippen LogP contribution in [0.15, 0.2) is 53.5 Å². The topological polar surface area (TPSA) is 99.2 Å². The van der Waals surface area contributed by atoms with E-state index in [1.165, 1.54) is 6.07 Å². The Kier molecular flexibility index (Phi) is 8.48. The molecule has 4 saturated heterocycles. The number of alkyl halides is 2. The minimum atomic E-state index is -2.94. The predicted molar refractivity (Wildman–Crippen MR) is 209 cm³/mol. The number of amides is 1. The van der Waals surface area contributed by atoms with Gasteiger partial charge in [0.15, 0.2) is 5.82 Å². The first-order valence-electron chi connectivity index (χ1n) is 19.3. The Morgan fingerprint density at radius 3 is 2.61 bits per heavy atom. The molecule has 3 aromatic heterocycles. The summed E-state index contributed by atoms with van der Waals surface area (Å²) < 4.78 is 47.1. The molecule has 11 rings (SSSR count). The number of carbonyl (C=O) groups excluding carboxylic acids is 1. The average molecular weight is 801 g/mol. The van der Waals surface area contributed by atoms with Gasteiger partial charge in [-0.2, -0.15) is 14.0 Å². The normalized spacial score (nSPS) is 25.4. The number of piperidine rings is 1. The van der Waals surface area contributed by atoms with E-state index in [0.29, 0.717) is 56.5 Å². The molecule has 6 aliphatic rings. The summed E-state index contributed by atoms with van der Waals surface area (Å²) in [6.45, 7) is 0.817. The lowest BCUT2D eigenvalue weighted by atomic mass is 9.79. The standard InChI is InChI=1S/C42H38Cl2F3N7O2/c1-20-28-16-32(39-24-12-26(53(39)41(56)21-7-8-21)19-51(18-24)25-9-11-52(42(46)47)33(55)15-25)54(38-23-14-31(38)49-17-23)40(28)29-13-22(4-3-10-48)34(36(45)37(29)50-20)27-5-2-6-30(43)35(27)44/h2,5-6,9,11,13,15-16,21,23-24,26,31,38-39,42,49H,3-4,7-8,12,14,17-19H2,1H3. The van der Waals surface area contributed by atoms with Crippen molar-refractivity contribution >= 4 is 56.6 Å². The number of aryl methyl sites for hydroxylation is 2. The Morgan fingerprint density at radius 2 is 1.91 bits per heavy atom. The molecule has 4 bridgehead atoms. The van der Waals surface area contributed by atoms with Crippen LogP contribution in [0.1, 0.15) is 67.7 Å². The molecule has 6 fully saturated rings. The fourth-order valence-corrected chi connectivity index (χ4v) is 10.7. The van der Waals surface area contributed by atoms with Gasteiger partial charge in [-0.3, -0.25) is 14.2 Å². The molecule has 56 heavy (non-hydrogen) atoms. The van der Waals surface area contributed by atoms with Crippen molar-refractivity contribution in [2.24, 2.45) is 17.8 Å².